The Kier molecular flexibility index (Phi) is 4.10. The molecule has 7 nitrogen and oxygen atoms in total. The van der Waals surface area contributed by atoms with Crippen LogP contribution in [0.2, 0.25) is 0 Å². The molecule has 0 fully saturated rings. The van der Waals surface area contributed by atoms with Crippen LogP contribution in [-0.2, 0) is 0 Å². The smallest absolute Gasteiger partial charge is 0.248 e. The van der Waals surface area contributed by atoms with Gasteiger partial charge in [-0.05, 0) is 42.5 Å². The van der Waals surface area contributed by atoms with E-state index in [1.165, 1.54) is 6.07 Å². The second-order valence-corrected chi connectivity index (χ2v) is 5.85. The van der Waals surface area contributed by atoms with Crippen molar-refractivity contribution in [1.82, 2.24) is 19.6 Å². The molecule has 0 bridgehead atoms. The molecule has 0 spiro atoms. The van der Waals surface area contributed by atoms with Gasteiger partial charge in [0.25, 0.3) is 0 Å². The summed E-state index contributed by atoms with van der Waals surface area (Å²) in [5.41, 5.74) is 7.87. The number of carbonyl (C=O) groups excluding carboxylic acids is 1. The van der Waals surface area contributed by atoms with E-state index in [1.807, 2.05) is 30.3 Å². The number of carbonyl (C=O) groups is 1. The molecule has 0 aliphatic carbocycles. The summed E-state index contributed by atoms with van der Waals surface area (Å²) >= 11 is 0. The molecule has 1 amide bonds. The van der Waals surface area contributed by atoms with Crippen molar-refractivity contribution in [3.8, 4) is 22.8 Å². The largest absolute Gasteiger partial charge is 0.366 e. The van der Waals surface area contributed by atoms with E-state index < -0.39 is 5.91 Å². The molecule has 0 unspecified atom stereocenters. The molecule has 7 heteroatoms. The lowest BCUT2D eigenvalue weighted by Crippen LogP contribution is -2.15. The van der Waals surface area contributed by atoms with E-state index in [4.69, 9.17) is 5.73 Å². The van der Waals surface area contributed by atoms with E-state index in [0.717, 1.165) is 5.69 Å². The first-order chi connectivity index (χ1) is 13.1. The van der Waals surface area contributed by atoms with Gasteiger partial charge in [-0.2, -0.15) is 10.2 Å². The van der Waals surface area contributed by atoms with Gasteiger partial charge in [0.15, 0.2) is 5.69 Å². The molecule has 0 radical (unpaired) electrons. The molecule has 27 heavy (non-hydrogen) atoms. The predicted octanol–water partition coefficient (Wildman–Crippen LogP) is 2.18. The summed E-state index contributed by atoms with van der Waals surface area (Å²) in [6, 6.07) is 19.4. The van der Waals surface area contributed by atoms with Crippen LogP contribution in [0.5, 0.6) is 0 Å². The van der Waals surface area contributed by atoms with Crippen molar-refractivity contribution >= 4 is 5.91 Å². The first kappa shape index (κ1) is 16.5. The minimum atomic E-state index is -0.498. The van der Waals surface area contributed by atoms with Gasteiger partial charge in [-0.25, -0.2) is 9.36 Å². The summed E-state index contributed by atoms with van der Waals surface area (Å²) in [5.74, 6) is -0.498. The molecule has 0 aliphatic heterocycles. The maximum atomic E-state index is 12.4. The number of primary amides is 1. The monoisotopic (exact) mass is 357 g/mol. The average molecular weight is 357 g/mol. The fraction of sp³-hybridized carbons (Fsp3) is 0. The van der Waals surface area contributed by atoms with E-state index in [-0.39, 0.29) is 11.1 Å². The molecule has 2 heterocycles. The van der Waals surface area contributed by atoms with Gasteiger partial charge in [0, 0.05) is 17.8 Å². The van der Waals surface area contributed by atoms with Crippen LogP contribution in [0.25, 0.3) is 22.8 Å². The topological polar surface area (TPSA) is 95.8 Å². The Morgan fingerprint density at radius 3 is 2.33 bits per heavy atom. The quantitative estimate of drug-likeness (QED) is 0.605. The predicted molar refractivity (Wildman–Crippen MR) is 101 cm³/mol. The Bertz CT molecular complexity index is 1160. The molecule has 0 saturated carbocycles. The molecular weight excluding hydrogens is 342 g/mol. The van der Waals surface area contributed by atoms with Crippen LogP contribution in [0.4, 0.5) is 0 Å². The van der Waals surface area contributed by atoms with Crippen molar-refractivity contribution < 1.29 is 4.79 Å². The van der Waals surface area contributed by atoms with Gasteiger partial charge in [0.05, 0.1) is 23.3 Å². The maximum absolute atomic E-state index is 12.4. The number of para-hydroxylation sites is 1. The molecule has 0 atom stereocenters. The number of hydrogen-bond acceptors (Lipinski definition) is 4. The minimum Gasteiger partial charge on any atom is -0.366 e. The number of hydrogen-bond donors (Lipinski definition) is 1. The van der Waals surface area contributed by atoms with Gasteiger partial charge in [-0.15, -0.1) is 0 Å². The Balaban J connectivity index is 1.80. The normalized spacial score (nSPS) is 10.7. The number of benzene rings is 2. The zero-order chi connectivity index (χ0) is 18.8. The van der Waals surface area contributed by atoms with Gasteiger partial charge in [0.2, 0.25) is 11.3 Å². The molecule has 4 aromatic rings. The molecule has 2 aromatic carbocycles. The van der Waals surface area contributed by atoms with Crippen LogP contribution >= 0.6 is 0 Å². The standard InChI is InChI=1S/C20H15N5O2/c21-20(27)14-6-8-15(9-7-14)24-13-11-18(26)19(23-24)17-10-12-22-25(17)16-4-2-1-3-5-16/h1-13H,(H2,21,27). The van der Waals surface area contributed by atoms with E-state index >= 15 is 0 Å². The number of aromatic nitrogens is 4. The van der Waals surface area contributed by atoms with Crippen molar-refractivity contribution in [2.24, 2.45) is 5.73 Å². The highest BCUT2D eigenvalue weighted by Crippen LogP contribution is 2.18. The van der Waals surface area contributed by atoms with Crippen molar-refractivity contribution in [3.05, 3.63) is 94.9 Å². The first-order valence-electron chi connectivity index (χ1n) is 8.23. The van der Waals surface area contributed by atoms with E-state index in [2.05, 4.69) is 10.2 Å². The zero-order valence-corrected chi connectivity index (χ0v) is 14.2. The van der Waals surface area contributed by atoms with Crippen LogP contribution in [0.1, 0.15) is 10.4 Å². The van der Waals surface area contributed by atoms with Gasteiger partial charge in [0.1, 0.15) is 0 Å². The van der Waals surface area contributed by atoms with Crippen LogP contribution in [0, 0.1) is 0 Å². The third-order valence-electron chi connectivity index (χ3n) is 4.11. The van der Waals surface area contributed by atoms with Crippen LogP contribution < -0.4 is 11.2 Å². The van der Waals surface area contributed by atoms with Crippen LogP contribution in [0.3, 0.4) is 0 Å². The van der Waals surface area contributed by atoms with Crippen molar-refractivity contribution in [3.63, 3.8) is 0 Å². The molecule has 2 N–H and O–H groups in total. The van der Waals surface area contributed by atoms with Gasteiger partial charge >= 0.3 is 0 Å². The van der Waals surface area contributed by atoms with Crippen molar-refractivity contribution in [2.45, 2.75) is 0 Å². The van der Waals surface area contributed by atoms with Gasteiger partial charge in [-0.1, -0.05) is 18.2 Å². The third-order valence-corrected chi connectivity index (χ3v) is 4.11. The van der Waals surface area contributed by atoms with E-state index in [1.54, 1.807) is 52.1 Å². The molecule has 132 valence electrons. The lowest BCUT2D eigenvalue weighted by Gasteiger charge is -2.10. The summed E-state index contributed by atoms with van der Waals surface area (Å²) in [6.07, 6.45) is 3.21. The highest BCUT2D eigenvalue weighted by Gasteiger charge is 2.13. The highest BCUT2D eigenvalue weighted by atomic mass is 16.1. The number of rotatable bonds is 4. The van der Waals surface area contributed by atoms with Crippen LogP contribution in [0.15, 0.2) is 83.9 Å². The molecular formula is C20H15N5O2. The lowest BCUT2D eigenvalue weighted by molar-refractivity contribution is 0.100. The molecule has 2 aromatic heterocycles. The summed E-state index contributed by atoms with van der Waals surface area (Å²) < 4.78 is 3.24. The maximum Gasteiger partial charge on any atom is 0.248 e. The molecule has 0 aliphatic rings. The lowest BCUT2D eigenvalue weighted by atomic mass is 10.2. The zero-order valence-electron chi connectivity index (χ0n) is 14.2. The van der Waals surface area contributed by atoms with E-state index in [9.17, 15) is 9.59 Å². The number of nitrogens with zero attached hydrogens (tertiary/aromatic N) is 4. The highest BCUT2D eigenvalue weighted by molar-refractivity contribution is 5.92. The van der Waals surface area contributed by atoms with E-state index in [0.29, 0.717) is 16.9 Å². The Morgan fingerprint density at radius 2 is 1.63 bits per heavy atom. The summed E-state index contributed by atoms with van der Waals surface area (Å²) in [4.78, 5) is 23.7. The fourth-order valence-corrected chi connectivity index (χ4v) is 2.76. The SMILES string of the molecule is NC(=O)c1ccc(-n2ccc(=O)c(-c3ccnn3-c3ccccc3)n2)cc1. The Morgan fingerprint density at radius 1 is 0.889 bits per heavy atom. The second-order valence-electron chi connectivity index (χ2n) is 5.85. The first-order valence-corrected chi connectivity index (χ1v) is 8.23. The summed E-state index contributed by atoms with van der Waals surface area (Å²) in [6.45, 7) is 0. The molecule has 4 rings (SSSR count). The third kappa shape index (κ3) is 3.13. The second kappa shape index (κ2) is 6.72. The number of nitrogens with two attached hydrogens (primary N) is 1. The van der Waals surface area contributed by atoms with Crippen molar-refractivity contribution in [1.29, 1.82) is 0 Å². The number of amides is 1. The molecule has 0 saturated heterocycles. The van der Waals surface area contributed by atoms with Crippen LogP contribution in [-0.4, -0.2) is 25.5 Å². The minimum absolute atomic E-state index is 0.210. The Hall–Kier alpha value is -4.00. The van der Waals surface area contributed by atoms with Gasteiger partial charge < -0.3 is 5.73 Å². The average Bonchev–Trinajstić information content (AvgIpc) is 3.19. The Labute approximate surface area is 154 Å². The van der Waals surface area contributed by atoms with Crippen molar-refractivity contribution in [2.75, 3.05) is 0 Å². The summed E-state index contributed by atoms with van der Waals surface area (Å²) in [7, 11) is 0. The summed E-state index contributed by atoms with van der Waals surface area (Å²) in [5, 5.41) is 8.79. The van der Waals surface area contributed by atoms with Gasteiger partial charge in [-0.3, -0.25) is 9.59 Å². The fourth-order valence-electron chi connectivity index (χ4n) is 2.76.